The topological polar surface area (TPSA) is 149 Å². The lowest BCUT2D eigenvalue weighted by Gasteiger charge is -2.30. The van der Waals surface area contributed by atoms with Crippen molar-refractivity contribution in [2.45, 2.75) is 63.7 Å². The molecule has 58 heavy (non-hydrogen) atoms. The van der Waals surface area contributed by atoms with Crippen molar-refractivity contribution < 1.29 is 32.9 Å². The number of esters is 1. The van der Waals surface area contributed by atoms with Gasteiger partial charge in [0, 0.05) is 42.8 Å². The van der Waals surface area contributed by atoms with Gasteiger partial charge in [-0.15, -0.1) is 0 Å². The Kier molecular flexibility index (Phi) is 18.6. The molecule has 5 rings (SSSR count). The highest BCUT2D eigenvalue weighted by Gasteiger charge is 2.26. The monoisotopic (exact) mass is 858 g/mol. The minimum atomic E-state index is -0.488. The molecule has 0 saturated carbocycles. The van der Waals surface area contributed by atoms with Crippen molar-refractivity contribution in [3.8, 4) is 11.5 Å². The van der Waals surface area contributed by atoms with E-state index in [9.17, 15) is 18.9 Å². The van der Waals surface area contributed by atoms with E-state index in [0.29, 0.717) is 100 Å². The number of para-hydroxylation sites is 1. The zero-order valence-corrected chi connectivity index (χ0v) is 35.7. The summed E-state index contributed by atoms with van der Waals surface area (Å²) in [6.07, 6.45) is 5.86. The van der Waals surface area contributed by atoms with Crippen LogP contribution >= 0.6 is 26.6 Å². The van der Waals surface area contributed by atoms with E-state index in [1.54, 1.807) is 36.4 Å². The number of nitrogens with one attached hydrogen (secondary N) is 2. The first-order valence-electron chi connectivity index (χ1n) is 19.3. The van der Waals surface area contributed by atoms with E-state index in [4.69, 9.17) is 31.5 Å². The number of amides is 2. The SMILES string of the molecule is NC1=C(NCCOc2ccc(C(=O)Oc3ccc(CSP=O)cc3)cc2)c2ccccc2N(C(=O)CCCCC(=O)NCCCCCCOP=S)Cc2ccccc21. The van der Waals surface area contributed by atoms with Crippen molar-refractivity contribution in [3.63, 3.8) is 0 Å². The molecule has 0 saturated heterocycles. The molecule has 1 aliphatic rings. The molecule has 0 unspecified atom stereocenters. The summed E-state index contributed by atoms with van der Waals surface area (Å²) in [6, 6.07) is 29.4. The molecule has 0 aliphatic carbocycles. The summed E-state index contributed by atoms with van der Waals surface area (Å²) in [4.78, 5) is 40.9. The third-order valence-corrected chi connectivity index (χ3v) is 11.3. The third kappa shape index (κ3) is 13.7. The first-order valence-corrected chi connectivity index (χ1v) is 23.5. The van der Waals surface area contributed by atoms with Crippen molar-refractivity contribution in [1.29, 1.82) is 0 Å². The van der Waals surface area contributed by atoms with Gasteiger partial charge in [-0.05, 0) is 91.1 Å². The Hall–Kier alpha value is -4.64. The molecule has 1 aliphatic heterocycles. The number of nitrogens with zero attached hydrogens (tertiary/aromatic N) is 1. The van der Waals surface area contributed by atoms with E-state index in [0.717, 1.165) is 53.6 Å². The lowest BCUT2D eigenvalue weighted by atomic mass is 9.95. The van der Waals surface area contributed by atoms with E-state index in [2.05, 4.69) is 10.6 Å². The van der Waals surface area contributed by atoms with Gasteiger partial charge in [0.25, 0.3) is 0 Å². The van der Waals surface area contributed by atoms with Gasteiger partial charge in [0.1, 0.15) is 25.7 Å². The standard InChI is InChI=1S/C43H48N4O7P2S2/c44-41-36-12-4-3-11-33(36)29-47(40(49)16-8-7-15-39(48)45-25-9-1-2-10-27-53-56-57)38-14-6-5-13-37(38)42(41)46-26-28-52-34-23-19-32(20-24-34)43(50)54-35-21-17-31(18-22-35)30-58-55-51/h3-6,11-14,17-24,46H,1-2,7-10,15-16,25-30,44H2,(H,45,48). The highest BCUT2D eigenvalue weighted by molar-refractivity contribution is 8.45. The number of benzene rings is 4. The van der Waals surface area contributed by atoms with Gasteiger partial charge in [0.2, 0.25) is 19.5 Å². The molecular formula is C43H48N4O7P2S2. The van der Waals surface area contributed by atoms with Gasteiger partial charge in [-0.1, -0.05) is 78.8 Å². The Morgan fingerprint density at radius 1 is 0.776 bits per heavy atom. The second-order valence-corrected chi connectivity index (χ2v) is 16.3. The van der Waals surface area contributed by atoms with E-state index >= 15 is 0 Å². The van der Waals surface area contributed by atoms with Crippen LogP contribution in [-0.4, -0.2) is 44.1 Å². The summed E-state index contributed by atoms with van der Waals surface area (Å²) < 4.78 is 27.4. The summed E-state index contributed by atoms with van der Waals surface area (Å²) in [6.45, 7) is 2.38. The van der Waals surface area contributed by atoms with E-state index in [1.807, 2.05) is 65.6 Å². The number of hydrogen-bond acceptors (Lipinski definition) is 11. The van der Waals surface area contributed by atoms with Gasteiger partial charge in [-0.2, -0.15) is 0 Å². The average Bonchev–Trinajstić information content (AvgIpc) is 3.24. The van der Waals surface area contributed by atoms with Crippen molar-refractivity contribution >= 4 is 73.3 Å². The molecular weight excluding hydrogens is 811 g/mol. The molecule has 0 spiro atoms. The predicted molar refractivity (Wildman–Crippen MR) is 235 cm³/mol. The summed E-state index contributed by atoms with van der Waals surface area (Å²) >= 11 is 6.01. The Labute approximate surface area is 352 Å². The van der Waals surface area contributed by atoms with Crippen LogP contribution in [0.5, 0.6) is 11.5 Å². The molecule has 0 atom stereocenters. The van der Waals surface area contributed by atoms with Crippen molar-refractivity contribution in [2.75, 3.05) is 31.2 Å². The Morgan fingerprint density at radius 2 is 1.48 bits per heavy atom. The number of hydrogen-bond donors (Lipinski definition) is 3. The van der Waals surface area contributed by atoms with Crippen LogP contribution in [0.2, 0.25) is 0 Å². The number of rotatable bonds is 23. The maximum Gasteiger partial charge on any atom is 0.343 e. The Bertz CT molecular complexity index is 2030. The van der Waals surface area contributed by atoms with Crippen LogP contribution in [0.1, 0.15) is 84.0 Å². The molecule has 15 heteroatoms. The second kappa shape index (κ2) is 24.3. The second-order valence-electron chi connectivity index (χ2n) is 13.5. The number of ether oxygens (including phenoxy) is 2. The minimum absolute atomic E-state index is 0.00969. The number of anilines is 1. The van der Waals surface area contributed by atoms with Crippen molar-refractivity contribution in [1.82, 2.24) is 10.6 Å². The quantitative estimate of drug-likeness (QED) is 0.0284. The largest absolute Gasteiger partial charge is 0.492 e. The van der Waals surface area contributed by atoms with E-state index in [-0.39, 0.29) is 19.5 Å². The van der Waals surface area contributed by atoms with Crippen LogP contribution in [-0.2, 0) is 42.8 Å². The van der Waals surface area contributed by atoms with Gasteiger partial charge in [-0.25, -0.2) is 4.79 Å². The molecule has 0 radical (unpaired) electrons. The van der Waals surface area contributed by atoms with Gasteiger partial charge >= 0.3 is 5.97 Å². The average molecular weight is 859 g/mol. The van der Waals surface area contributed by atoms with Crippen molar-refractivity contribution in [3.05, 3.63) is 125 Å². The molecule has 0 bridgehead atoms. The van der Waals surface area contributed by atoms with Crippen molar-refractivity contribution in [2.24, 2.45) is 5.73 Å². The highest BCUT2D eigenvalue weighted by atomic mass is 32.7. The molecule has 0 aromatic heterocycles. The maximum absolute atomic E-state index is 13.9. The van der Waals surface area contributed by atoms with Gasteiger partial charge in [0.15, 0.2) is 0 Å². The summed E-state index contributed by atoms with van der Waals surface area (Å²) in [5.41, 5.74) is 12.8. The zero-order chi connectivity index (χ0) is 41.0. The molecule has 0 fully saturated rings. The minimum Gasteiger partial charge on any atom is -0.492 e. The van der Waals surface area contributed by atoms with Gasteiger partial charge in [0.05, 0.1) is 35.8 Å². The summed E-state index contributed by atoms with van der Waals surface area (Å²) in [5, 5.41) is 6.48. The van der Waals surface area contributed by atoms with E-state index < -0.39 is 5.97 Å². The molecule has 4 aromatic carbocycles. The Balaban J connectivity index is 1.14. The summed E-state index contributed by atoms with van der Waals surface area (Å²) in [7, 11) is 0.564. The lowest BCUT2D eigenvalue weighted by molar-refractivity contribution is -0.122. The molecule has 11 nitrogen and oxygen atoms in total. The predicted octanol–water partition coefficient (Wildman–Crippen LogP) is 9.22. The normalized spacial score (nSPS) is 12.3. The first-order chi connectivity index (χ1) is 28.4. The smallest absolute Gasteiger partial charge is 0.343 e. The number of carbonyl (C=O) groups is 3. The van der Waals surface area contributed by atoms with Crippen LogP contribution in [0.4, 0.5) is 5.69 Å². The Morgan fingerprint density at radius 3 is 2.26 bits per heavy atom. The fourth-order valence-electron chi connectivity index (χ4n) is 6.44. The molecule has 4 aromatic rings. The van der Waals surface area contributed by atoms with Crippen LogP contribution in [0, 0.1) is 0 Å². The van der Waals surface area contributed by atoms with Crippen LogP contribution in [0.3, 0.4) is 0 Å². The first kappa shape index (κ1) is 44.5. The number of fused-ring (bicyclic) bond motifs is 2. The fraction of sp³-hybridized carbons (Fsp3) is 0.326. The van der Waals surface area contributed by atoms with Crippen LogP contribution < -0.4 is 30.7 Å². The zero-order valence-electron chi connectivity index (χ0n) is 32.2. The number of carbonyl (C=O) groups excluding carboxylic acids is 3. The van der Waals surface area contributed by atoms with Crippen LogP contribution in [0.15, 0.2) is 97.1 Å². The molecule has 1 heterocycles. The lowest BCUT2D eigenvalue weighted by Crippen LogP contribution is -2.34. The maximum atomic E-state index is 13.9. The number of unbranched alkanes of at least 4 members (excludes halogenated alkanes) is 4. The third-order valence-electron chi connectivity index (χ3n) is 9.43. The summed E-state index contributed by atoms with van der Waals surface area (Å²) in [5.74, 6) is 1.10. The van der Waals surface area contributed by atoms with Crippen LogP contribution in [0.25, 0.3) is 11.4 Å². The van der Waals surface area contributed by atoms with Gasteiger partial charge in [-0.3, -0.25) is 14.2 Å². The van der Waals surface area contributed by atoms with E-state index in [1.165, 1.54) is 11.4 Å². The molecule has 304 valence electrons. The fourth-order valence-corrected chi connectivity index (χ4v) is 7.86. The number of nitrogens with two attached hydrogens (primary N) is 1. The highest BCUT2D eigenvalue weighted by Crippen LogP contribution is 2.35. The molecule has 4 N–H and O–H groups in total. The van der Waals surface area contributed by atoms with Gasteiger partial charge < -0.3 is 35.3 Å². The molecule has 2 amide bonds.